The molecule has 1 rings (SSSR count). The topological polar surface area (TPSA) is 59.1 Å². The highest BCUT2D eigenvalue weighted by atomic mass is 16.6. The molecule has 0 bridgehead atoms. The maximum Gasteiger partial charge on any atom is 0.305 e. The van der Waals surface area contributed by atoms with Gasteiger partial charge in [0.05, 0.1) is 25.4 Å². The summed E-state index contributed by atoms with van der Waals surface area (Å²) in [5.74, 6) is -0.115. The molecule has 1 aliphatic rings. The predicted molar refractivity (Wildman–Crippen MR) is 92.4 cm³/mol. The van der Waals surface area contributed by atoms with Crippen molar-refractivity contribution in [3.05, 3.63) is 0 Å². The van der Waals surface area contributed by atoms with Gasteiger partial charge in [-0.25, -0.2) is 0 Å². The molecule has 0 saturated carbocycles. The summed E-state index contributed by atoms with van der Waals surface area (Å²) < 4.78 is 10.3. The Labute approximate surface area is 141 Å². The number of hydrogen-bond donors (Lipinski definition) is 1. The number of rotatable bonds is 15. The van der Waals surface area contributed by atoms with E-state index in [1.54, 1.807) is 0 Å². The maximum atomic E-state index is 11.0. The van der Waals surface area contributed by atoms with E-state index >= 15 is 0 Å². The number of hydrogen-bond acceptors (Lipinski definition) is 4. The first-order valence-corrected chi connectivity index (χ1v) is 9.57. The Bertz CT molecular complexity index is 306. The van der Waals surface area contributed by atoms with Crippen LogP contribution in [0.5, 0.6) is 0 Å². The molecule has 3 unspecified atom stereocenters. The van der Waals surface area contributed by atoms with Gasteiger partial charge in [0, 0.05) is 6.42 Å². The van der Waals surface area contributed by atoms with Gasteiger partial charge in [-0.05, 0) is 32.1 Å². The van der Waals surface area contributed by atoms with Crippen LogP contribution in [0.2, 0.25) is 0 Å². The van der Waals surface area contributed by atoms with Crippen LogP contribution in [0.15, 0.2) is 0 Å². The van der Waals surface area contributed by atoms with Gasteiger partial charge in [-0.1, -0.05) is 51.9 Å². The first-order valence-electron chi connectivity index (χ1n) is 9.57. The normalized spacial score (nSPS) is 21.2. The van der Waals surface area contributed by atoms with Crippen LogP contribution in [0.3, 0.4) is 0 Å². The molecule has 1 aliphatic heterocycles. The summed E-state index contributed by atoms with van der Waals surface area (Å²) in [4.78, 5) is 11.0. The zero-order valence-electron chi connectivity index (χ0n) is 15.1. The van der Waals surface area contributed by atoms with Gasteiger partial charge in [-0.2, -0.15) is 0 Å². The van der Waals surface area contributed by atoms with Gasteiger partial charge in [-0.3, -0.25) is 4.79 Å². The lowest BCUT2D eigenvalue weighted by molar-refractivity contribution is -0.140. The standard InChI is InChI=1S/C19H36O4/c1-3-4-8-12-17-18(23-17)15-14-16(20)11-9-6-5-7-10-13-19(21)22-2/h16-18,20H,3-15H2,1-2H3. The molecule has 136 valence electrons. The molecular formula is C19H36O4. The van der Waals surface area contributed by atoms with Crippen LogP contribution in [0.25, 0.3) is 0 Å². The molecule has 4 heteroatoms. The summed E-state index contributed by atoms with van der Waals surface area (Å²) in [5.41, 5.74) is 0. The van der Waals surface area contributed by atoms with Crippen molar-refractivity contribution in [3.63, 3.8) is 0 Å². The van der Waals surface area contributed by atoms with Crippen molar-refractivity contribution in [3.8, 4) is 0 Å². The second-order valence-electron chi connectivity index (χ2n) is 6.82. The summed E-state index contributed by atoms with van der Waals surface area (Å²) in [7, 11) is 1.43. The van der Waals surface area contributed by atoms with E-state index in [0.717, 1.165) is 51.4 Å². The number of aliphatic hydroxyl groups excluding tert-OH is 1. The van der Waals surface area contributed by atoms with Gasteiger partial charge < -0.3 is 14.6 Å². The lowest BCUT2D eigenvalue weighted by Crippen LogP contribution is -2.08. The highest BCUT2D eigenvalue weighted by Gasteiger charge is 2.37. The molecular weight excluding hydrogens is 292 g/mol. The van der Waals surface area contributed by atoms with Crippen LogP contribution in [0.4, 0.5) is 0 Å². The van der Waals surface area contributed by atoms with Crippen LogP contribution in [0.1, 0.15) is 90.4 Å². The molecule has 1 N–H and O–H groups in total. The molecule has 1 fully saturated rings. The third-order valence-corrected chi connectivity index (χ3v) is 4.71. The molecule has 0 aliphatic carbocycles. The van der Waals surface area contributed by atoms with E-state index in [1.807, 2.05) is 0 Å². The SMILES string of the molecule is CCCCCC1OC1CCC(O)CCCCCCCC(=O)OC. The van der Waals surface area contributed by atoms with Crippen molar-refractivity contribution in [1.82, 2.24) is 0 Å². The maximum absolute atomic E-state index is 11.0. The molecule has 4 nitrogen and oxygen atoms in total. The van der Waals surface area contributed by atoms with E-state index in [9.17, 15) is 9.90 Å². The van der Waals surface area contributed by atoms with E-state index < -0.39 is 0 Å². The molecule has 0 amide bonds. The minimum Gasteiger partial charge on any atom is -0.469 e. The second-order valence-corrected chi connectivity index (χ2v) is 6.82. The summed E-state index contributed by atoms with van der Waals surface area (Å²) >= 11 is 0. The third-order valence-electron chi connectivity index (χ3n) is 4.71. The number of epoxide rings is 1. The van der Waals surface area contributed by atoms with Gasteiger partial charge in [-0.15, -0.1) is 0 Å². The van der Waals surface area contributed by atoms with Crippen molar-refractivity contribution in [2.75, 3.05) is 7.11 Å². The van der Waals surface area contributed by atoms with Crippen LogP contribution >= 0.6 is 0 Å². The Morgan fingerprint density at radius 2 is 1.70 bits per heavy atom. The van der Waals surface area contributed by atoms with Gasteiger partial charge in [0.15, 0.2) is 0 Å². The monoisotopic (exact) mass is 328 g/mol. The second kappa shape index (κ2) is 12.8. The van der Waals surface area contributed by atoms with E-state index in [0.29, 0.717) is 18.6 Å². The molecule has 1 heterocycles. The van der Waals surface area contributed by atoms with Crippen molar-refractivity contribution >= 4 is 5.97 Å². The number of methoxy groups -OCH3 is 1. The number of aliphatic hydroxyl groups is 1. The minimum atomic E-state index is -0.175. The van der Waals surface area contributed by atoms with Crippen molar-refractivity contribution in [2.45, 2.75) is 109 Å². The fourth-order valence-corrected chi connectivity index (χ4v) is 3.07. The minimum absolute atomic E-state index is 0.115. The number of esters is 1. The Hall–Kier alpha value is -0.610. The molecule has 0 aromatic rings. The number of unbranched alkanes of at least 4 members (excludes halogenated alkanes) is 6. The first-order chi connectivity index (χ1) is 11.2. The highest BCUT2D eigenvalue weighted by Crippen LogP contribution is 2.31. The Kier molecular flexibility index (Phi) is 11.3. The van der Waals surface area contributed by atoms with E-state index in [2.05, 4.69) is 11.7 Å². The predicted octanol–water partition coefficient (Wildman–Crippen LogP) is 4.38. The average molecular weight is 328 g/mol. The fraction of sp³-hybridized carbons (Fsp3) is 0.947. The third kappa shape index (κ3) is 10.7. The Balaban J connectivity index is 1.84. The Morgan fingerprint density at radius 1 is 1.00 bits per heavy atom. The van der Waals surface area contributed by atoms with E-state index in [-0.39, 0.29) is 12.1 Å². The summed E-state index contributed by atoms with van der Waals surface area (Å²) in [6.45, 7) is 2.22. The molecule has 0 aromatic carbocycles. The number of carbonyl (C=O) groups is 1. The zero-order chi connectivity index (χ0) is 16.9. The summed E-state index contributed by atoms with van der Waals surface area (Å²) in [6, 6.07) is 0. The smallest absolute Gasteiger partial charge is 0.305 e. The molecule has 0 aromatic heterocycles. The fourth-order valence-electron chi connectivity index (χ4n) is 3.07. The van der Waals surface area contributed by atoms with Crippen LogP contribution in [-0.4, -0.2) is 36.5 Å². The molecule has 3 atom stereocenters. The Morgan fingerprint density at radius 3 is 2.43 bits per heavy atom. The van der Waals surface area contributed by atoms with Gasteiger partial charge in [0.2, 0.25) is 0 Å². The van der Waals surface area contributed by atoms with Crippen LogP contribution in [-0.2, 0) is 14.3 Å². The first kappa shape index (κ1) is 20.4. The molecule has 23 heavy (non-hydrogen) atoms. The van der Waals surface area contributed by atoms with Gasteiger partial charge in [0.1, 0.15) is 0 Å². The van der Waals surface area contributed by atoms with Gasteiger partial charge in [0.25, 0.3) is 0 Å². The molecule has 0 spiro atoms. The van der Waals surface area contributed by atoms with Crippen LogP contribution < -0.4 is 0 Å². The molecule has 0 radical (unpaired) electrons. The highest BCUT2D eigenvalue weighted by molar-refractivity contribution is 5.68. The lowest BCUT2D eigenvalue weighted by Gasteiger charge is -2.09. The zero-order valence-corrected chi connectivity index (χ0v) is 15.1. The van der Waals surface area contributed by atoms with E-state index in [1.165, 1.54) is 32.8 Å². The average Bonchev–Trinajstić information content (AvgIpc) is 3.30. The lowest BCUT2D eigenvalue weighted by atomic mass is 10.0. The number of ether oxygens (including phenoxy) is 2. The quantitative estimate of drug-likeness (QED) is 0.275. The summed E-state index contributed by atoms with van der Waals surface area (Å²) in [6.07, 6.45) is 14.4. The summed E-state index contributed by atoms with van der Waals surface area (Å²) in [5, 5.41) is 10.0. The van der Waals surface area contributed by atoms with Crippen molar-refractivity contribution < 1.29 is 19.4 Å². The van der Waals surface area contributed by atoms with Crippen molar-refractivity contribution in [2.24, 2.45) is 0 Å². The molecule has 1 saturated heterocycles. The van der Waals surface area contributed by atoms with E-state index in [4.69, 9.17) is 4.74 Å². The van der Waals surface area contributed by atoms with Crippen LogP contribution in [0, 0.1) is 0 Å². The number of carbonyl (C=O) groups excluding carboxylic acids is 1. The van der Waals surface area contributed by atoms with Gasteiger partial charge >= 0.3 is 5.97 Å². The largest absolute Gasteiger partial charge is 0.469 e. The van der Waals surface area contributed by atoms with Crippen molar-refractivity contribution in [1.29, 1.82) is 0 Å².